The van der Waals surface area contributed by atoms with Crippen molar-refractivity contribution in [2.24, 2.45) is 0 Å². The van der Waals surface area contributed by atoms with Crippen LogP contribution in [-0.2, 0) is 5.88 Å². The summed E-state index contributed by atoms with van der Waals surface area (Å²) in [4.78, 5) is 4.17. The van der Waals surface area contributed by atoms with E-state index in [9.17, 15) is 4.39 Å². The van der Waals surface area contributed by atoms with Crippen molar-refractivity contribution in [1.82, 2.24) is 4.98 Å². The van der Waals surface area contributed by atoms with Crippen LogP contribution in [0.2, 0.25) is 0 Å². The second kappa shape index (κ2) is 5.36. The Labute approximate surface area is 110 Å². The molecule has 0 unspecified atom stereocenters. The van der Waals surface area contributed by atoms with Crippen molar-refractivity contribution in [3.63, 3.8) is 0 Å². The van der Waals surface area contributed by atoms with Gasteiger partial charge in [-0.05, 0) is 37.1 Å². The van der Waals surface area contributed by atoms with Crippen LogP contribution in [0.3, 0.4) is 0 Å². The van der Waals surface area contributed by atoms with E-state index < -0.39 is 0 Å². The molecule has 0 fully saturated rings. The highest BCUT2D eigenvalue weighted by atomic mass is 35.5. The van der Waals surface area contributed by atoms with Crippen LogP contribution in [-0.4, -0.2) is 4.98 Å². The minimum absolute atomic E-state index is 0.289. The van der Waals surface area contributed by atoms with Gasteiger partial charge in [-0.1, -0.05) is 6.07 Å². The SMILES string of the molecule is Cc1ccc(Oc2ncc(CCl)cc2C)cc1F. The molecule has 0 aliphatic heterocycles. The predicted molar refractivity (Wildman–Crippen MR) is 69.7 cm³/mol. The standard InChI is InChI=1S/C14H13ClFNO/c1-9-3-4-12(6-13(9)16)18-14-10(2)5-11(7-15)8-17-14/h3-6,8H,7H2,1-2H3. The molecule has 0 N–H and O–H groups in total. The summed E-state index contributed by atoms with van der Waals surface area (Å²) in [5.74, 6) is 1.02. The average Bonchev–Trinajstić information content (AvgIpc) is 2.36. The first-order chi connectivity index (χ1) is 8.60. The van der Waals surface area contributed by atoms with E-state index in [1.54, 1.807) is 25.3 Å². The summed E-state index contributed by atoms with van der Waals surface area (Å²) in [5, 5.41) is 0. The fourth-order valence-corrected chi connectivity index (χ4v) is 1.70. The lowest BCUT2D eigenvalue weighted by atomic mass is 10.2. The molecular weight excluding hydrogens is 253 g/mol. The van der Waals surface area contributed by atoms with Crippen LogP contribution < -0.4 is 4.74 Å². The van der Waals surface area contributed by atoms with E-state index >= 15 is 0 Å². The monoisotopic (exact) mass is 265 g/mol. The van der Waals surface area contributed by atoms with Crippen LogP contribution in [0, 0.1) is 19.7 Å². The number of benzene rings is 1. The molecule has 2 nitrogen and oxygen atoms in total. The smallest absolute Gasteiger partial charge is 0.222 e. The summed E-state index contributed by atoms with van der Waals surface area (Å²) in [6, 6.07) is 6.65. The van der Waals surface area contributed by atoms with Gasteiger partial charge < -0.3 is 4.74 Å². The number of halogens is 2. The molecule has 0 amide bonds. The molecule has 0 aliphatic rings. The Balaban J connectivity index is 2.25. The van der Waals surface area contributed by atoms with Crippen molar-refractivity contribution in [3.05, 3.63) is 53.0 Å². The Morgan fingerprint density at radius 1 is 1.22 bits per heavy atom. The molecule has 0 saturated heterocycles. The molecule has 1 aromatic heterocycles. The summed E-state index contributed by atoms with van der Waals surface area (Å²) >= 11 is 5.72. The fraction of sp³-hybridized carbons (Fsp3) is 0.214. The summed E-state index contributed by atoms with van der Waals surface area (Å²) < 4.78 is 18.9. The highest BCUT2D eigenvalue weighted by Crippen LogP contribution is 2.25. The molecule has 2 aromatic rings. The first kappa shape index (κ1) is 12.8. The van der Waals surface area contributed by atoms with Gasteiger partial charge in [0.25, 0.3) is 0 Å². The van der Waals surface area contributed by atoms with Crippen LogP contribution >= 0.6 is 11.6 Å². The lowest BCUT2D eigenvalue weighted by molar-refractivity contribution is 0.453. The third-order valence-electron chi connectivity index (χ3n) is 2.60. The van der Waals surface area contributed by atoms with E-state index in [0.29, 0.717) is 23.1 Å². The number of rotatable bonds is 3. The van der Waals surface area contributed by atoms with Crippen LogP contribution in [0.25, 0.3) is 0 Å². The molecular formula is C14H13ClFNO. The number of aryl methyl sites for hydroxylation is 2. The summed E-state index contributed by atoms with van der Waals surface area (Å²) in [6.07, 6.45) is 1.65. The van der Waals surface area contributed by atoms with Crippen molar-refractivity contribution in [3.8, 4) is 11.6 Å². The zero-order valence-electron chi connectivity index (χ0n) is 10.2. The quantitative estimate of drug-likeness (QED) is 0.769. The fourth-order valence-electron chi connectivity index (χ4n) is 1.55. The largest absolute Gasteiger partial charge is 0.439 e. The Bertz CT molecular complexity index is 572. The van der Waals surface area contributed by atoms with Crippen LogP contribution in [0.5, 0.6) is 11.6 Å². The predicted octanol–water partition coefficient (Wildman–Crippen LogP) is 4.37. The number of aromatic nitrogens is 1. The van der Waals surface area contributed by atoms with Crippen molar-refractivity contribution >= 4 is 11.6 Å². The normalized spacial score (nSPS) is 10.4. The van der Waals surface area contributed by atoms with E-state index in [2.05, 4.69) is 4.98 Å². The molecule has 0 spiro atoms. The number of alkyl halides is 1. The lowest BCUT2D eigenvalue weighted by Gasteiger charge is -2.09. The van der Waals surface area contributed by atoms with Gasteiger partial charge in [-0.15, -0.1) is 11.6 Å². The third kappa shape index (κ3) is 2.79. The van der Waals surface area contributed by atoms with Crippen LogP contribution in [0.15, 0.2) is 30.5 Å². The topological polar surface area (TPSA) is 22.1 Å². The summed E-state index contributed by atoms with van der Waals surface area (Å²) in [7, 11) is 0. The van der Waals surface area contributed by atoms with E-state index in [0.717, 1.165) is 11.1 Å². The lowest BCUT2D eigenvalue weighted by Crippen LogP contribution is -1.94. The van der Waals surface area contributed by atoms with Crippen molar-refractivity contribution < 1.29 is 9.13 Å². The number of hydrogen-bond acceptors (Lipinski definition) is 2. The minimum atomic E-state index is -0.289. The first-order valence-electron chi connectivity index (χ1n) is 5.55. The van der Waals surface area contributed by atoms with Gasteiger partial charge in [0, 0.05) is 23.7 Å². The van der Waals surface area contributed by atoms with Gasteiger partial charge >= 0.3 is 0 Å². The van der Waals surface area contributed by atoms with Gasteiger partial charge in [0.1, 0.15) is 11.6 Å². The Morgan fingerprint density at radius 2 is 2.00 bits per heavy atom. The zero-order chi connectivity index (χ0) is 13.1. The molecule has 1 aromatic carbocycles. The van der Waals surface area contributed by atoms with E-state index in [1.165, 1.54) is 6.07 Å². The maximum atomic E-state index is 13.4. The molecule has 4 heteroatoms. The molecule has 2 rings (SSSR count). The molecule has 18 heavy (non-hydrogen) atoms. The number of pyridine rings is 1. The van der Waals surface area contributed by atoms with Crippen LogP contribution in [0.4, 0.5) is 4.39 Å². The molecule has 0 saturated carbocycles. The number of nitrogens with zero attached hydrogens (tertiary/aromatic N) is 1. The van der Waals surface area contributed by atoms with E-state index in [1.807, 2.05) is 13.0 Å². The molecule has 1 heterocycles. The number of ether oxygens (including phenoxy) is 1. The highest BCUT2D eigenvalue weighted by Gasteiger charge is 2.06. The maximum absolute atomic E-state index is 13.4. The van der Waals surface area contributed by atoms with Gasteiger partial charge in [-0.2, -0.15) is 0 Å². The van der Waals surface area contributed by atoms with Crippen molar-refractivity contribution in [1.29, 1.82) is 0 Å². The molecule has 0 atom stereocenters. The van der Waals surface area contributed by atoms with Crippen LogP contribution in [0.1, 0.15) is 16.7 Å². The molecule has 0 radical (unpaired) electrons. The summed E-state index contributed by atoms with van der Waals surface area (Å²) in [5.41, 5.74) is 2.38. The van der Waals surface area contributed by atoms with Gasteiger partial charge in [-0.3, -0.25) is 0 Å². The summed E-state index contributed by atoms with van der Waals surface area (Å²) in [6.45, 7) is 3.58. The minimum Gasteiger partial charge on any atom is -0.439 e. The first-order valence-corrected chi connectivity index (χ1v) is 6.09. The van der Waals surface area contributed by atoms with E-state index in [-0.39, 0.29) is 5.82 Å². The zero-order valence-corrected chi connectivity index (χ0v) is 11.0. The molecule has 94 valence electrons. The second-order valence-corrected chi connectivity index (χ2v) is 4.38. The maximum Gasteiger partial charge on any atom is 0.222 e. The molecule has 0 bridgehead atoms. The number of hydrogen-bond donors (Lipinski definition) is 0. The van der Waals surface area contributed by atoms with Gasteiger partial charge in [0.05, 0.1) is 0 Å². The second-order valence-electron chi connectivity index (χ2n) is 4.11. The van der Waals surface area contributed by atoms with Gasteiger partial charge in [0.2, 0.25) is 5.88 Å². The highest BCUT2D eigenvalue weighted by molar-refractivity contribution is 6.17. The van der Waals surface area contributed by atoms with E-state index in [4.69, 9.17) is 16.3 Å². The average molecular weight is 266 g/mol. The van der Waals surface area contributed by atoms with Gasteiger partial charge in [0.15, 0.2) is 0 Å². The van der Waals surface area contributed by atoms with Gasteiger partial charge in [-0.25, -0.2) is 9.37 Å². The van der Waals surface area contributed by atoms with Crippen molar-refractivity contribution in [2.75, 3.05) is 0 Å². The van der Waals surface area contributed by atoms with Crippen molar-refractivity contribution in [2.45, 2.75) is 19.7 Å². The third-order valence-corrected chi connectivity index (χ3v) is 2.91. The Kier molecular flexibility index (Phi) is 3.82. The molecule has 0 aliphatic carbocycles. The Hall–Kier alpha value is -1.61. The Morgan fingerprint density at radius 3 is 2.61 bits per heavy atom.